The number of rotatable bonds is 4. The molecule has 0 spiro atoms. The number of amides is 2. The third-order valence-electron chi connectivity index (χ3n) is 4.55. The Labute approximate surface area is 164 Å². The molecule has 0 aliphatic carbocycles. The fraction of sp³-hybridized carbons (Fsp3) is 0.316. The fourth-order valence-electron chi connectivity index (χ4n) is 3.24. The lowest BCUT2D eigenvalue weighted by molar-refractivity contribution is -0.141. The summed E-state index contributed by atoms with van der Waals surface area (Å²) in [5, 5.41) is 8.66. The molecule has 0 bridgehead atoms. The largest absolute Gasteiger partial charge is 0.466 e. The van der Waals surface area contributed by atoms with Crippen molar-refractivity contribution in [2.45, 2.75) is 32.6 Å². The molecule has 0 saturated heterocycles. The summed E-state index contributed by atoms with van der Waals surface area (Å²) >= 11 is 0. The van der Waals surface area contributed by atoms with E-state index in [4.69, 9.17) is 4.74 Å². The Balaban J connectivity index is 2.06. The highest BCUT2D eigenvalue weighted by atomic mass is 19.4. The zero-order valence-corrected chi connectivity index (χ0v) is 15.9. The van der Waals surface area contributed by atoms with Gasteiger partial charge in [-0.2, -0.15) is 18.3 Å². The Bertz CT molecular complexity index is 995. The normalized spacial score (nSPS) is 17.0. The third kappa shape index (κ3) is 4.25. The van der Waals surface area contributed by atoms with Crippen molar-refractivity contribution < 1.29 is 27.5 Å². The number of ether oxygens (including phenoxy) is 1. The topological polar surface area (TPSA) is 85.2 Å². The van der Waals surface area contributed by atoms with E-state index in [0.717, 1.165) is 28.1 Å². The molecule has 1 aliphatic heterocycles. The second kappa shape index (κ2) is 7.61. The maximum absolute atomic E-state index is 12.8. The Morgan fingerprint density at radius 1 is 1.28 bits per heavy atom. The molecule has 2 aromatic rings. The summed E-state index contributed by atoms with van der Waals surface area (Å²) in [6.45, 7) is 3.51. The van der Waals surface area contributed by atoms with Crippen molar-refractivity contribution >= 4 is 12.0 Å². The zero-order chi connectivity index (χ0) is 21.3. The van der Waals surface area contributed by atoms with Crippen molar-refractivity contribution in [2.75, 3.05) is 7.11 Å². The number of carbonyl (C=O) groups excluding carboxylic acids is 2. The van der Waals surface area contributed by atoms with Crippen LogP contribution in [0.15, 0.2) is 41.7 Å². The van der Waals surface area contributed by atoms with Gasteiger partial charge in [-0.25, -0.2) is 9.59 Å². The molecule has 2 heterocycles. The molecule has 154 valence electrons. The van der Waals surface area contributed by atoms with Gasteiger partial charge in [-0.3, -0.25) is 4.68 Å². The third-order valence-corrected chi connectivity index (χ3v) is 4.55. The number of aromatic nitrogens is 2. The van der Waals surface area contributed by atoms with Crippen molar-refractivity contribution in [1.29, 1.82) is 0 Å². The minimum Gasteiger partial charge on any atom is -0.466 e. The molecule has 1 aromatic heterocycles. The number of hydrogen-bond acceptors (Lipinski definition) is 4. The van der Waals surface area contributed by atoms with Gasteiger partial charge < -0.3 is 15.4 Å². The minimum atomic E-state index is -4.59. The molecule has 0 unspecified atom stereocenters. The van der Waals surface area contributed by atoms with Crippen LogP contribution < -0.4 is 10.6 Å². The van der Waals surface area contributed by atoms with Crippen molar-refractivity contribution in [3.8, 4) is 0 Å². The number of hydrogen-bond donors (Lipinski definition) is 2. The molecule has 1 atom stereocenters. The zero-order valence-electron chi connectivity index (χ0n) is 15.9. The number of nitrogens with one attached hydrogen (secondary N) is 2. The monoisotopic (exact) mass is 408 g/mol. The van der Waals surface area contributed by atoms with Gasteiger partial charge >= 0.3 is 18.2 Å². The number of carbonyl (C=O) groups is 2. The van der Waals surface area contributed by atoms with Gasteiger partial charge in [0.15, 0.2) is 5.69 Å². The van der Waals surface area contributed by atoms with Gasteiger partial charge in [0.2, 0.25) is 0 Å². The van der Waals surface area contributed by atoms with Gasteiger partial charge in [0.05, 0.1) is 31.0 Å². The summed E-state index contributed by atoms with van der Waals surface area (Å²) in [6.07, 6.45) is -3.46. The molecule has 10 heteroatoms. The lowest BCUT2D eigenvalue weighted by Gasteiger charge is -2.30. The summed E-state index contributed by atoms with van der Waals surface area (Å²) in [7, 11) is 1.19. The molecule has 0 fully saturated rings. The molecule has 3 rings (SSSR count). The smallest absolute Gasteiger partial charge is 0.435 e. The fourth-order valence-corrected chi connectivity index (χ4v) is 3.24. The number of alkyl halides is 3. The SMILES string of the molecule is COC(=O)C1=C(Cn2ccc(C(F)(F)F)n2)NC(=O)N[C@@H]1c1ccc(C)cc1C. The van der Waals surface area contributed by atoms with E-state index in [2.05, 4.69) is 15.7 Å². The van der Waals surface area contributed by atoms with Crippen molar-refractivity contribution in [1.82, 2.24) is 20.4 Å². The highest BCUT2D eigenvalue weighted by molar-refractivity contribution is 5.95. The molecule has 2 N–H and O–H groups in total. The van der Waals surface area contributed by atoms with Crippen LogP contribution in [0, 0.1) is 13.8 Å². The van der Waals surface area contributed by atoms with E-state index in [1.165, 1.54) is 7.11 Å². The van der Waals surface area contributed by atoms with Gasteiger partial charge in [0, 0.05) is 6.20 Å². The maximum atomic E-state index is 12.8. The Morgan fingerprint density at radius 3 is 2.59 bits per heavy atom. The van der Waals surface area contributed by atoms with Crippen LogP contribution in [0.1, 0.15) is 28.4 Å². The lowest BCUT2D eigenvalue weighted by atomic mass is 9.91. The average Bonchev–Trinajstić information content (AvgIpc) is 3.09. The first-order valence-electron chi connectivity index (χ1n) is 8.67. The number of benzene rings is 1. The molecular formula is C19H19F3N4O3. The summed E-state index contributed by atoms with van der Waals surface area (Å²) < 4.78 is 44.3. The first-order chi connectivity index (χ1) is 13.6. The van der Waals surface area contributed by atoms with E-state index in [1.807, 2.05) is 26.0 Å². The second-order valence-corrected chi connectivity index (χ2v) is 6.67. The van der Waals surface area contributed by atoms with E-state index >= 15 is 0 Å². The van der Waals surface area contributed by atoms with E-state index in [1.54, 1.807) is 6.07 Å². The predicted octanol–water partition coefficient (Wildman–Crippen LogP) is 3.00. The second-order valence-electron chi connectivity index (χ2n) is 6.67. The van der Waals surface area contributed by atoms with Crippen molar-refractivity contribution in [2.24, 2.45) is 0 Å². The molecular weight excluding hydrogens is 389 g/mol. The average molecular weight is 408 g/mol. The predicted molar refractivity (Wildman–Crippen MR) is 96.6 cm³/mol. The van der Waals surface area contributed by atoms with Gasteiger partial charge in [-0.05, 0) is 31.0 Å². The summed E-state index contributed by atoms with van der Waals surface area (Å²) in [6, 6.07) is 4.96. The number of urea groups is 1. The lowest BCUT2D eigenvalue weighted by Crippen LogP contribution is -2.47. The van der Waals surface area contributed by atoms with Gasteiger partial charge in [-0.15, -0.1) is 0 Å². The van der Waals surface area contributed by atoms with E-state index in [9.17, 15) is 22.8 Å². The van der Waals surface area contributed by atoms with Gasteiger partial charge in [-0.1, -0.05) is 23.8 Å². The number of methoxy groups -OCH3 is 1. The quantitative estimate of drug-likeness (QED) is 0.762. The van der Waals surface area contributed by atoms with Crippen LogP contribution in [0.3, 0.4) is 0 Å². The van der Waals surface area contributed by atoms with Crippen molar-refractivity contribution in [3.05, 3.63) is 64.1 Å². The van der Waals surface area contributed by atoms with Crippen LogP contribution in [-0.2, 0) is 22.3 Å². The van der Waals surface area contributed by atoms with Gasteiger partial charge in [0.1, 0.15) is 0 Å². The van der Waals surface area contributed by atoms with Crippen LogP contribution in [0.5, 0.6) is 0 Å². The van der Waals surface area contributed by atoms with Crippen LogP contribution >= 0.6 is 0 Å². The van der Waals surface area contributed by atoms with Crippen LogP contribution in [0.2, 0.25) is 0 Å². The highest BCUT2D eigenvalue weighted by Gasteiger charge is 2.36. The number of esters is 1. The Hall–Kier alpha value is -3.30. The first-order valence-corrected chi connectivity index (χ1v) is 8.67. The first kappa shape index (κ1) is 20.4. The number of halogens is 3. The summed E-state index contributed by atoms with van der Waals surface area (Å²) in [5.41, 5.74) is 1.68. The summed E-state index contributed by atoms with van der Waals surface area (Å²) in [4.78, 5) is 24.7. The Morgan fingerprint density at radius 2 is 2.00 bits per heavy atom. The molecule has 0 saturated carbocycles. The molecule has 1 aliphatic rings. The molecule has 1 aromatic carbocycles. The molecule has 2 amide bonds. The van der Waals surface area contributed by atoms with Crippen LogP contribution in [-0.4, -0.2) is 28.9 Å². The van der Waals surface area contributed by atoms with Crippen LogP contribution in [0.4, 0.5) is 18.0 Å². The summed E-state index contributed by atoms with van der Waals surface area (Å²) in [5.74, 6) is -0.708. The number of allylic oxidation sites excluding steroid dienone is 1. The minimum absolute atomic E-state index is 0.100. The van der Waals surface area contributed by atoms with E-state index < -0.39 is 29.9 Å². The molecule has 7 nitrogen and oxygen atoms in total. The Kier molecular flexibility index (Phi) is 5.36. The number of aryl methyl sites for hydroxylation is 2. The standard InChI is InChI=1S/C19H19F3N4O3/c1-10-4-5-12(11(2)8-10)16-15(17(27)29-3)13(23-18(28)24-16)9-26-7-6-14(25-26)19(20,21)22/h4-8,16H,9H2,1-3H3,(H2,23,24,28)/t16-/m1/s1. The highest BCUT2D eigenvalue weighted by Crippen LogP contribution is 2.31. The van der Waals surface area contributed by atoms with E-state index in [0.29, 0.717) is 5.56 Å². The molecule has 0 radical (unpaired) electrons. The van der Waals surface area contributed by atoms with Crippen molar-refractivity contribution in [3.63, 3.8) is 0 Å². The molecule has 29 heavy (non-hydrogen) atoms. The number of nitrogens with zero attached hydrogens (tertiary/aromatic N) is 2. The van der Waals surface area contributed by atoms with Gasteiger partial charge in [0.25, 0.3) is 0 Å². The van der Waals surface area contributed by atoms with Crippen LogP contribution in [0.25, 0.3) is 0 Å². The van der Waals surface area contributed by atoms with E-state index in [-0.39, 0.29) is 17.8 Å². The maximum Gasteiger partial charge on any atom is 0.435 e.